The van der Waals surface area contributed by atoms with Crippen molar-refractivity contribution >= 4 is 57.9 Å². The van der Waals surface area contributed by atoms with Gasteiger partial charge in [0.25, 0.3) is 5.91 Å². The fourth-order valence-corrected chi connectivity index (χ4v) is 5.70. The number of amides is 1. The molecule has 3 aromatic carbocycles. The van der Waals surface area contributed by atoms with Crippen molar-refractivity contribution in [1.82, 2.24) is 14.7 Å². The van der Waals surface area contributed by atoms with Crippen LogP contribution in [-0.4, -0.2) is 47.1 Å². The molecule has 1 fully saturated rings. The molecule has 1 amide bonds. The molecule has 40 heavy (non-hydrogen) atoms. The lowest BCUT2D eigenvalue weighted by Crippen LogP contribution is -2.45. The fourth-order valence-electron chi connectivity index (χ4n) is 4.18. The predicted molar refractivity (Wildman–Crippen MR) is 158 cm³/mol. The van der Waals surface area contributed by atoms with Crippen molar-refractivity contribution in [2.45, 2.75) is 19.4 Å². The first-order chi connectivity index (χ1) is 19.2. The summed E-state index contributed by atoms with van der Waals surface area (Å²) in [6.07, 6.45) is 1.63. The Balaban J connectivity index is 1.54. The number of aromatic nitrogens is 2. The van der Waals surface area contributed by atoms with Gasteiger partial charge in [-0.25, -0.2) is 4.79 Å². The molecular weight excluding hydrogens is 570 g/mol. The number of phenolic OH excluding ortho intramolecular Hbond substituents is 1. The second kappa shape index (κ2) is 11.5. The normalized spacial score (nSPS) is 15.1. The van der Waals surface area contributed by atoms with Gasteiger partial charge in [-0.1, -0.05) is 78.0 Å². The number of aromatic hydroxyl groups is 1. The minimum absolute atomic E-state index is 0.0150. The van der Waals surface area contributed by atoms with E-state index >= 15 is 0 Å². The minimum Gasteiger partial charge on any atom is -0.508 e. The Hall–Kier alpha value is -4.12. The number of carboxylic acid groups (broad SMARTS) is 1. The number of thioether (sulfide) groups is 1. The van der Waals surface area contributed by atoms with Gasteiger partial charge in [0.1, 0.15) is 21.9 Å². The standard InChI is InChI=1S/C29H22ClN3O5S2/c1-17-21(27(38-24-10-6-5-9-22(24)30)33(31-17)19-7-3-2-4-8-19)16-25-26(35)32(29(39)40-25)23(28(36)37)15-18-11-13-20(34)14-12-18/h2-14,16,23,34H,15H2,1H3,(H,36,37)/b25-16-/t23-/m0/s1. The molecular formula is C29H22ClN3O5S2. The molecule has 11 heteroatoms. The Morgan fingerprint density at radius 3 is 2.45 bits per heavy atom. The van der Waals surface area contributed by atoms with E-state index in [9.17, 15) is 19.8 Å². The van der Waals surface area contributed by atoms with Crippen molar-refractivity contribution in [2.24, 2.45) is 0 Å². The highest BCUT2D eigenvalue weighted by Crippen LogP contribution is 2.39. The van der Waals surface area contributed by atoms with Crippen LogP contribution in [-0.2, 0) is 16.0 Å². The number of para-hydroxylation sites is 2. The van der Waals surface area contributed by atoms with Gasteiger partial charge in [0.2, 0.25) is 5.88 Å². The lowest BCUT2D eigenvalue weighted by atomic mass is 10.0. The molecule has 2 heterocycles. The van der Waals surface area contributed by atoms with E-state index in [0.717, 1.165) is 22.3 Å². The van der Waals surface area contributed by atoms with Crippen LogP contribution < -0.4 is 4.74 Å². The molecule has 0 unspecified atom stereocenters. The summed E-state index contributed by atoms with van der Waals surface area (Å²) in [5.41, 5.74) is 2.48. The molecule has 1 aliphatic heterocycles. The molecule has 202 valence electrons. The third-order valence-electron chi connectivity index (χ3n) is 6.17. The lowest BCUT2D eigenvalue weighted by Gasteiger charge is -2.23. The summed E-state index contributed by atoms with van der Waals surface area (Å²) in [6, 6.07) is 21.3. The highest BCUT2D eigenvalue weighted by atomic mass is 35.5. The molecule has 1 aliphatic rings. The number of thiocarbonyl (C=S) groups is 1. The van der Waals surface area contributed by atoms with Crippen LogP contribution in [0, 0.1) is 6.92 Å². The number of aliphatic carboxylic acids is 1. The highest BCUT2D eigenvalue weighted by molar-refractivity contribution is 8.26. The summed E-state index contributed by atoms with van der Waals surface area (Å²) in [6.45, 7) is 1.79. The maximum Gasteiger partial charge on any atom is 0.327 e. The Labute approximate surface area is 244 Å². The molecule has 8 nitrogen and oxygen atoms in total. The first-order valence-electron chi connectivity index (χ1n) is 12.1. The van der Waals surface area contributed by atoms with Crippen molar-refractivity contribution in [3.8, 4) is 23.1 Å². The maximum absolute atomic E-state index is 13.6. The van der Waals surface area contributed by atoms with Crippen LogP contribution in [0.1, 0.15) is 16.8 Å². The number of phenols is 1. The number of halogens is 1. The van der Waals surface area contributed by atoms with Crippen molar-refractivity contribution in [2.75, 3.05) is 0 Å². The third kappa shape index (κ3) is 5.60. The van der Waals surface area contributed by atoms with E-state index in [1.54, 1.807) is 54.1 Å². The van der Waals surface area contributed by atoms with E-state index in [0.29, 0.717) is 33.5 Å². The topological polar surface area (TPSA) is 105 Å². The quantitative estimate of drug-likeness (QED) is 0.184. The molecule has 0 radical (unpaired) electrons. The van der Waals surface area contributed by atoms with E-state index in [-0.39, 0.29) is 21.4 Å². The van der Waals surface area contributed by atoms with Crippen molar-refractivity contribution in [1.29, 1.82) is 0 Å². The van der Waals surface area contributed by atoms with Gasteiger partial charge < -0.3 is 14.9 Å². The van der Waals surface area contributed by atoms with Crippen molar-refractivity contribution in [3.63, 3.8) is 0 Å². The molecule has 0 saturated carbocycles. The smallest absolute Gasteiger partial charge is 0.327 e. The van der Waals surface area contributed by atoms with Gasteiger partial charge in [0.15, 0.2) is 0 Å². The summed E-state index contributed by atoms with van der Waals surface area (Å²) in [5, 5.41) is 24.6. The second-order valence-corrected chi connectivity index (χ2v) is 10.9. The number of hydrogen-bond donors (Lipinski definition) is 2. The monoisotopic (exact) mass is 591 g/mol. The average molecular weight is 592 g/mol. The average Bonchev–Trinajstić information content (AvgIpc) is 3.40. The van der Waals surface area contributed by atoms with Crippen LogP contribution in [0.25, 0.3) is 11.8 Å². The number of rotatable bonds is 8. The molecule has 2 N–H and O–H groups in total. The number of carbonyl (C=O) groups is 2. The Bertz CT molecular complexity index is 1640. The minimum atomic E-state index is -1.23. The van der Waals surface area contributed by atoms with Crippen LogP contribution in [0.4, 0.5) is 0 Å². The summed E-state index contributed by atoms with van der Waals surface area (Å²) < 4.78 is 8.01. The third-order valence-corrected chi connectivity index (χ3v) is 7.81. The van der Waals surface area contributed by atoms with Gasteiger partial charge >= 0.3 is 5.97 Å². The van der Waals surface area contributed by atoms with Gasteiger partial charge in [-0.15, -0.1) is 0 Å². The number of carboxylic acids is 1. The van der Waals surface area contributed by atoms with E-state index in [2.05, 4.69) is 5.10 Å². The summed E-state index contributed by atoms with van der Waals surface area (Å²) in [4.78, 5) is 27.2. The van der Waals surface area contributed by atoms with E-state index in [1.165, 1.54) is 12.1 Å². The number of nitrogens with zero attached hydrogens (tertiary/aromatic N) is 3. The zero-order valence-electron chi connectivity index (χ0n) is 21.0. The molecule has 1 saturated heterocycles. The summed E-state index contributed by atoms with van der Waals surface area (Å²) in [7, 11) is 0. The van der Waals surface area contributed by atoms with E-state index < -0.39 is 17.9 Å². The summed E-state index contributed by atoms with van der Waals surface area (Å²) in [5.74, 6) is -0.923. The Morgan fingerprint density at radius 2 is 1.77 bits per heavy atom. The number of ether oxygens (including phenoxy) is 1. The van der Waals surface area contributed by atoms with Crippen LogP contribution in [0.15, 0.2) is 83.8 Å². The van der Waals surface area contributed by atoms with Crippen LogP contribution in [0.3, 0.4) is 0 Å². The lowest BCUT2D eigenvalue weighted by molar-refractivity contribution is -0.145. The molecule has 1 atom stereocenters. The van der Waals surface area contributed by atoms with Gasteiger partial charge in [-0.05, 0) is 55.0 Å². The molecule has 0 aliphatic carbocycles. The summed E-state index contributed by atoms with van der Waals surface area (Å²) >= 11 is 12.9. The molecule has 5 rings (SSSR count). The van der Waals surface area contributed by atoms with Crippen LogP contribution in [0.2, 0.25) is 5.02 Å². The molecule has 4 aromatic rings. The van der Waals surface area contributed by atoms with Crippen LogP contribution in [0.5, 0.6) is 17.4 Å². The Kier molecular flexibility index (Phi) is 7.92. The van der Waals surface area contributed by atoms with Gasteiger partial charge in [0, 0.05) is 6.42 Å². The molecule has 0 bridgehead atoms. The van der Waals surface area contributed by atoms with Crippen molar-refractivity contribution in [3.05, 3.63) is 106 Å². The van der Waals surface area contributed by atoms with E-state index in [4.69, 9.17) is 28.6 Å². The second-order valence-electron chi connectivity index (χ2n) is 8.86. The molecule has 0 spiro atoms. The van der Waals surface area contributed by atoms with Crippen molar-refractivity contribution < 1.29 is 24.5 Å². The highest BCUT2D eigenvalue weighted by Gasteiger charge is 2.41. The van der Waals surface area contributed by atoms with Gasteiger partial charge in [-0.3, -0.25) is 9.69 Å². The largest absolute Gasteiger partial charge is 0.508 e. The number of benzene rings is 3. The van der Waals surface area contributed by atoms with Gasteiger partial charge in [-0.2, -0.15) is 9.78 Å². The predicted octanol–water partition coefficient (Wildman–Crippen LogP) is 6.23. The first kappa shape index (κ1) is 27.4. The molecule has 1 aromatic heterocycles. The Morgan fingerprint density at radius 1 is 1.10 bits per heavy atom. The van der Waals surface area contributed by atoms with Crippen LogP contribution >= 0.6 is 35.6 Å². The fraction of sp³-hybridized carbons (Fsp3) is 0.103. The number of carbonyl (C=O) groups excluding carboxylic acids is 1. The first-order valence-corrected chi connectivity index (χ1v) is 13.7. The number of hydrogen-bond acceptors (Lipinski definition) is 7. The maximum atomic E-state index is 13.6. The van der Waals surface area contributed by atoms with Gasteiger partial charge in [0.05, 0.1) is 26.9 Å². The number of aryl methyl sites for hydroxylation is 1. The zero-order chi connectivity index (χ0) is 28.4. The van der Waals surface area contributed by atoms with E-state index in [1.807, 2.05) is 30.3 Å². The zero-order valence-corrected chi connectivity index (χ0v) is 23.4. The SMILES string of the molecule is Cc1nn(-c2ccccc2)c(Oc2ccccc2Cl)c1/C=C1\SC(=S)N([C@@H](Cc2ccc(O)cc2)C(=O)O)C1=O.